The predicted molar refractivity (Wildman–Crippen MR) is 117 cm³/mol. The van der Waals surface area contributed by atoms with Gasteiger partial charge < -0.3 is 20.1 Å². The Labute approximate surface area is 181 Å². The van der Waals surface area contributed by atoms with E-state index >= 15 is 0 Å². The Morgan fingerprint density at radius 3 is 2.71 bits per heavy atom. The number of hydrogen-bond acceptors (Lipinski definition) is 6. The number of rotatable bonds is 6. The Morgan fingerprint density at radius 1 is 1.29 bits per heavy atom. The van der Waals surface area contributed by atoms with Crippen molar-refractivity contribution in [1.82, 2.24) is 19.7 Å². The number of nitrogens with zero attached hydrogens (tertiary/aromatic N) is 4. The Kier molecular flexibility index (Phi) is 7.28. The van der Waals surface area contributed by atoms with Gasteiger partial charge in [-0.2, -0.15) is 4.31 Å². The van der Waals surface area contributed by atoms with Crippen molar-refractivity contribution in [1.29, 1.82) is 0 Å². The van der Waals surface area contributed by atoms with E-state index < -0.39 is 10.0 Å². The number of guanidine groups is 1. The van der Waals surface area contributed by atoms with Crippen LogP contribution in [0.25, 0.3) is 0 Å². The van der Waals surface area contributed by atoms with Crippen LogP contribution in [0.4, 0.5) is 5.69 Å². The minimum atomic E-state index is -3.48. The second kappa shape index (κ2) is 10.1. The van der Waals surface area contributed by atoms with E-state index in [9.17, 15) is 13.2 Å². The molecule has 0 bridgehead atoms. The van der Waals surface area contributed by atoms with Gasteiger partial charge in [0.15, 0.2) is 5.96 Å². The minimum absolute atomic E-state index is 0.0115. The van der Waals surface area contributed by atoms with Crippen LogP contribution in [0.5, 0.6) is 0 Å². The monoisotopic (exact) mass is 444 g/mol. The molecular formula is C20H24N6O4S. The van der Waals surface area contributed by atoms with E-state index in [1.54, 1.807) is 31.3 Å². The molecule has 164 valence electrons. The summed E-state index contributed by atoms with van der Waals surface area (Å²) in [6.45, 7) is 1.53. The highest BCUT2D eigenvalue weighted by molar-refractivity contribution is 7.88. The molecule has 2 N–H and O–H groups in total. The third-order valence-electron chi connectivity index (χ3n) is 4.68. The van der Waals surface area contributed by atoms with Crippen LogP contribution in [0.3, 0.4) is 0 Å². The number of aliphatic imine (C=N–C) groups is 1. The van der Waals surface area contributed by atoms with Crippen molar-refractivity contribution >= 4 is 27.6 Å². The largest absolute Gasteiger partial charge is 0.364 e. The van der Waals surface area contributed by atoms with E-state index in [0.29, 0.717) is 49.1 Å². The number of sulfonamides is 1. The molecular weight excluding hydrogens is 420 g/mol. The number of amides is 1. The first kappa shape index (κ1) is 22.3. The average Bonchev–Trinajstić information content (AvgIpc) is 3.27. The highest BCUT2D eigenvalue weighted by Crippen LogP contribution is 2.13. The summed E-state index contributed by atoms with van der Waals surface area (Å²) in [5.74, 6) is 2.61. The SMILES string of the molecule is C#Cc1cccc(NC(=O)CNC(=NC)N2CCN(S(=O)(=O)Cc3ccon3)CC2)c1. The average molecular weight is 445 g/mol. The molecule has 1 aromatic carbocycles. The molecule has 2 aromatic rings. The highest BCUT2D eigenvalue weighted by atomic mass is 32.2. The maximum atomic E-state index is 12.5. The van der Waals surface area contributed by atoms with Crippen LogP contribution in [0, 0.1) is 12.3 Å². The fraction of sp³-hybridized carbons (Fsp3) is 0.350. The van der Waals surface area contributed by atoms with Crippen molar-refractivity contribution in [3.8, 4) is 12.3 Å². The number of anilines is 1. The van der Waals surface area contributed by atoms with E-state index in [1.165, 1.54) is 16.6 Å². The summed E-state index contributed by atoms with van der Waals surface area (Å²) >= 11 is 0. The molecule has 0 aliphatic carbocycles. The lowest BCUT2D eigenvalue weighted by Crippen LogP contribution is -2.54. The smallest absolute Gasteiger partial charge is 0.243 e. The zero-order chi connectivity index (χ0) is 22.3. The second-order valence-electron chi connectivity index (χ2n) is 6.81. The third kappa shape index (κ3) is 6.07. The van der Waals surface area contributed by atoms with Gasteiger partial charge in [-0.3, -0.25) is 9.79 Å². The van der Waals surface area contributed by atoms with Crippen LogP contribution in [-0.2, 0) is 20.6 Å². The van der Waals surface area contributed by atoms with Crippen molar-refractivity contribution in [2.45, 2.75) is 5.75 Å². The van der Waals surface area contributed by atoms with E-state index in [-0.39, 0.29) is 18.2 Å². The molecule has 0 atom stereocenters. The fourth-order valence-electron chi connectivity index (χ4n) is 3.15. The lowest BCUT2D eigenvalue weighted by atomic mass is 10.2. The Balaban J connectivity index is 1.48. The lowest BCUT2D eigenvalue weighted by Gasteiger charge is -2.35. The molecule has 0 spiro atoms. The summed E-state index contributed by atoms with van der Waals surface area (Å²) in [5.41, 5.74) is 1.67. The van der Waals surface area contributed by atoms with Crippen LogP contribution in [0.1, 0.15) is 11.3 Å². The zero-order valence-corrected chi connectivity index (χ0v) is 17.9. The van der Waals surface area contributed by atoms with Gasteiger partial charge in [0, 0.05) is 50.5 Å². The molecule has 10 nitrogen and oxygen atoms in total. The normalized spacial score (nSPS) is 15.4. The Hall–Kier alpha value is -3.36. The number of piperazine rings is 1. The molecule has 0 radical (unpaired) electrons. The number of carbonyl (C=O) groups excluding carboxylic acids is 1. The van der Waals surface area contributed by atoms with Crippen molar-refractivity contribution in [2.75, 3.05) is 45.1 Å². The lowest BCUT2D eigenvalue weighted by molar-refractivity contribution is -0.115. The molecule has 0 saturated carbocycles. The van der Waals surface area contributed by atoms with E-state index in [1.807, 2.05) is 4.90 Å². The third-order valence-corrected chi connectivity index (χ3v) is 6.50. The zero-order valence-electron chi connectivity index (χ0n) is 17.1. The molecule has 31 heavy (non-hydrogen) atoms. The number of benzene rings is 1. The number of terminal acetylenes is 1. The van der Waals surface area contributed by atoms with E-state index in [2.05, 4.69) is 26.7 Å². The molecule has 1 aliphatic rings. The molecule has 1 saturated heterocycles. The van der Waals surface area contributed by atoms with Crippen molar-refractivity contribution in [3.05, 3.63) is 47.9 Å². The number of nitrogens with one attached hydrogen (secondary N) is 2. The molecule has 1 fully saturated rings. The van der Waals surface area contributed by atoms with E-state index in [0.717, 1.165) is 0 Å². The summed E-state index contributed by atoms with van der Waals surface area (Å²) in [7, 11) is -1.87. The minimum Gasteiger partial charge on any atom is -0.364 e. The van der Waals surface area contributed by atoms with Gasteiger partial charge >= 0.3 is 0 Å². The van der Waals surface area contributed by atoms with Crippen LogP contribution in [-0.4, -0.2) is 74.4 Å². The maximum absolute atomic E-state index is 12.5. The maximum Gasteiger partial charge on any atom is 0.243 e. The summed E-state index contributed by atoms with van der Waals surface area (Å²) < 4.78 is 31.2. The standard InChI is InChI=1S/C20H24N6O4S/c1-3-16-5-4-6-17(13-16)23-19(27)14-22-20(21-2)25-8-10-26(11-9-25)31(28,29)15-18-7-12-30-24-18/h1,4-7,12-13H,8-11,14-15H2,2H3,(H,21,22)(H,23,27). The molecule has 3 rings (SSSR count). The van der Waals surface area contributed by atoms with Gasteiger partial charge in [0.1, 0.15) is 12.0 Å². The van der Waals surface area contributed by atoms with Crippen LogP contribution < -0.4 is 10.6 Å². The highest BCUT2D eigenvalue weighted by Gasteiger charge is 2.29. The predicted octanol–water partition coefficient (Wildman–Crippen LogP) is 0.317. The summed E-state index contributed by atoms with van der Waals surface area (Å²) in [6, 6.07) is 8.56. The van der Waals surface area contributed by atoms with E-state index in [4.69, 9.17) is 10.9 Å². The van der Waals surface area contributed by atoms with Gasteiger partial charge in [-0.15, -0.1) is 6.42 Å². The van der Waals surface area contributed by atoms with Crippen molar-refractivity contribution < 1.29 is 17.7 Å². The first-order valence-electron chi connectivity index (χ1n) is 9.60. The quantitative estimate of drug-likeness (QED) is 0.374. The van der Waals surface area contributed by atoms with Gasteiger partial charge in [0.05, 0.1) is 12.2 Å². The van der Waals surface area contributed by atoms with Crippen LogP contribution >= 0.6 is 0 Å². The fourth-order valence-corrected chi connectivity index (χ4v) is 4.58. The van der Waals surface area contributed by atoms with Crippen molar-refractivity contribution in [2.24, 2.45) is 4.99 Å². The van der Waals surface area contributed by atoms with Crippen LogP contribution in [0.2, 0.25) is 0 Å². The van der Waals surface area contributed by atoms with Gasteiger partial charge in [-0.25, -0.2) is 8.42 Å². The molecule has 11 heteroatoms. The Morgan fingerprint density at radius 2 is 2.06 bits per heavy atom. The topological polar surface area (TPSA) is 120 Å². The molecule has 1 aromatic heterocycles. The van der Waals surface area contributed by atoms with Crippen molar-refractivity contribution in [3.63, 3.8) is 0 Å². The van der Waals surface area contributed by atoms with Gasteiger partial charge in [0.2, 0.25) is 15.9 Å². The summed E-state index contributed by atoms with van der Waals surface area (Å²) in [5, 5.41) is 9.45. The second-order valence-corrected chi connectivity index (χ2v) is 8.78. The van der Waals surface area contributed by atoms with Gasteiger partial charge in [-0.1, -0.05) is 17.1 Å². The first-order chi connectivity index (χ1) is 14.9. The molecule has 1 aliphatic heterocycles. The van der Waals surface area contributed by atoms with Gasteiger partial charge in [0.25, 0.3) is 0 Å². The summed E-state index contributed by atoms with van der Waals surface area (Å²) in [4.78, 5) is 18.4. The molecule has 0 unspecified atom stereocenters. The van der Waals surface area contributed by atoms with Gasteiger partial charge in [-0.05, 0) is 18.2 Å². The molecule has 2 heterocycles. The number of carbonyl (C=O) groups is 1. The molecule has 1 amide bonds. The number of aromatic nitrogens is 1. The first-order valence-corrected chi connectivity index (χ1v) is 11.2. The summed E-state index contributed by atoms with van der Waals surface area (Å²) in [6.07, 6.45) is 6.72. The Bertz CT molecular complexity index is 1070. The van der Waals surface area contributed by atoms with Crippen LogP contribution in [0.15, 0.2) is 46.1 Å². The number of hydrogen-bond donors (Lipinski definition) is 2.